The van der Waals surface area contributed by atoms with Crippen LogP contribution in [0.5, 0.6) is 0 Å². The fourth-order valence-corrected chi connectivity index (χ4v) is 1.20. The molecule has 0 saturated carbocycles. The molecule has 1 nitrogen and oxygen atoms in total. The van der Waals surface area contributed by atoms with Gasteiger partial charge in [-0.1, -0.05) is 11.6 Å². The van der Waals surface area contributed by atoms with Crippen LogP contribution in [-0.2, 0) is 0 Å². The monoisotopic (exact) mass is 268 g/mol. The van der Waals surface area contributed by atoms with Gasteiger partial charge in [-0.25, -0.2) is 8.78 Å². The predicted molar refractivity (Wildman–Crippen MR) is 49.5 cm³/mol. The topological polar surface area (TPSA) is 17.1 Å². The average molecular weight is 269 g/mol. The van der Waals surface area contributed by atoms with Crippen LogP contribution in [0.15, 0.2) is 22.7 Å². The Morgan fingerprint density at radius 2 is 2.08 bits per heavy atom. The second kappa shape index (κ2) is 4.15. The molecule has 0 aromatic heterocycles. The van der Waals surface area contributed by atoms with Crippen LogP contribution in [0.3, 0.4) is 0 Å². The number of alkyl halides is 2. The molecule has 70 valence electrons. The standard InChI is InChI=1S/C8H4BrClF2O/c9-5-2-1-4(3-6(5)10)7(13)8(11)12/h1-3,8H. The molecule has 0 aliphatic carbocycles. The van der Waals surface area contributed by atoms with Crippen LogP contribution in [0.1, 0.15) is 10.4 Å². The van der Waals surface area contributed by atoms with Gasteiger partial charge >= 0.3 is 6.43 Å². The molecule has 1 aromatic rings. The molecule has 0 heterocycles. The molecular formula is C8H4BrClF2O. The minimum absolute atomic E-state index is 0.0804. The van der Waals surface area contributed by atoms with E-state index >= 15 is 0 Å². The molecule has 0 spiro atoms. The Morgan fingerprint density at radius 3 is 2.54 bits per heavy atom. The fourth-order valence-electron chi connectivity index (χ4n) is 0.775. The lowest BCUT2D eigenvalue weighted by molar-refractivity contribution is 0.0679. The van der Waals surface area contributed by atoms with Crippen molar-refractivity contribution >= 4 is 33.3 Å². The van der Waals surface area contributed by atoms with Gasteiger partial charge in [0, 0.05) is 10.0 Å². The third-order valence-corrected chi connectivity index (χ3v) is 2.63. The lowest BCUT2D eigenvalue weighted by Crippen LogP contribution is -2.09. The summed E-state index contributed by atoms with van der Waals surface area (Å²) in [5.74, 6) is -1.21. The highest BCUT2D eigenvalue weighted by molar-refractivity contribution is 9.10. The van der Waals surface area contributed by atoms with Crippen LogP contribution in [-0.4, -0.2) is 12.2 Å². The Hall–Kier alpha value is -0.480. The van der Waals surface area contributed by atoms with Crippen LogP contribution in [0.2, 0.25) is 5.02 Å². The second-order valence-electron chi connectivity index (χ2n) is 2.29. The number of carbonyl (C=O) groups is 1. The molecule has 0 atom stereocenters. The minimum atomic E-state index is -2.99. The molecular weight excluding hydrogens is 265 g/mol. The average Bonchev–Trinajstić information content (AvgIpc) is 2.08. The number of hydrogen-bond donors (Lipinski definition) is 0. The van der Waals surface area contributed by atoms with E-state index in [9.17, 15) is 13.6 Å². The molecule has 13 heavy (non-hydrogen) atoms. The van der Waals surface area contributed by atoms with E-state index < -0.39 is 12.2 Å². The summed E-state index contributed by atoms with van der Waals surface area (Å²) >= 11 is 8.70. The van der Waals surface area contributed by atoms with E-state index in [1.165, 1.54) is 18.2 Å². The van der Waals surface area contributed by atoms with E-state index in [1.54, 1.807) is 0 Å². The van der Waals surface area contributed by atoms with Crippen molar-refractivity contribution < 1.29 is 13.6 Å². The third kappa shape index (κ3) is 2.48. The van der Waals surface area contributed by atoms with Crippen LogP contribution in [0, 0.1) is 0 Å². The first-order chi connectivity index (χ1) is 6.02. The van der Waals surface area contributed by atoms with Gasteiger partial charge in [0.15, 0.2) is 0 Å². The zero-order chi connectivity index (χ0) is 10.0. The molecule has 1 aromatic carbocycles. The highest BCUT2D eigenvalue weighted by Gasteiger charge is 2.18. The third-order valence-electron chi connectivity index (χ3n) is 1.40. The van der Waals surface area contributed by atoms with Gasteiger partial charge in [-0.15, -0.1) is 0 Å². The Kier molecular flexibility index (Phi) is 3.39. The van der Waals surface area contributed by atoms with Gasteiger partial charge in [-0.05, 0) is 34.1 Å². The van der Waals surface area contributed by atoms with Crippen molar-refractivity contribution in [2.75, 3.05) is 0 Å². The first-order valence-corrected chi connectivity index (χ1v) is 4.47. The van der Waals surface area contributed by atoms with E-state index in [-0.39, 0.29) is 10.6 Å². The first-order valence-electron chi connectivity index (χ1n) is 3.30. The molecule has 1 rings (SSSR count). The van der Waals surface area contributed by atoms with Crippen molar-refractivity contribution in [2.24, 2.45) is 0 Å². The van der Waals surface area contributed by atoms with Crippen molar-refractivity contribution in [3.05, 3.63) is 33.3 Å². The molecule has 0 saturated heterocycles. The molecule has 0 radical (unpaired) electrons. The van der Waals surface area contributed by atoms with E-state index in [2.05, 4.69) is 15.9 Å². The lowest BCUT2D eigenvalue weighted by Gasteiger charge is -2.00. The molecule has 0 unspecified atom stereocenters. The summed E-state index contributed by atoms with van der Waals surface area (Å²) in [7, 11) is 0. The van der Waals surface area contributed by atoms with E-state index in [1.807, 2.05) is 0 Å². The first kappa shape index (κ1) is 10.6. The normalized spacial score (nSPS) is 10.5. The van der Waals surface area contributed by atoms with Gasteiger partial charge in [-0.2, -0.15) is 0 Å². The predicted octanol–water partition coefficient (Wildman–Crippen LogP) is 3.55. The summed E-state index contributed by atoms with van der Waals surface area (Å²) in [5.41, 5.74) is -0.0804. The van der Waals surface area contributed by atoms with Crippen molar-refractivity contribution in [3.8, 4) is 0 Å². The SMILES string of the molecule is O=C(c1ccc(Br)c(Cl)c1)C(F)F. The lowest BCUT2D eigenvalue weighted by atomic mass is 10.1. The Morgan fingerprint density at radius 1 is 1.46 bits per heavy atom. The smallest absolute Gasteiger partial charge is 0.288 e. The maximum absolute atomic E-state index is 11.9. The van der Waals surface area contributed by atoms with E-state index in [0.29, 0.717) is 4.47 Å². The number of benzene rings is 1. The van der Waals surface area contributed by atoms with Crippen LogP contribution in [0.4, 0.5) is 8.78 Å². The van der Waals surface area contributed by atoms with Gasteiger partial charge < -0.3 is 0 Å². The van der Waals surface area contributed by atoms with Gasteiger partial charge in [0.05, 0.1) is 5.02 Å². The Labute approximate surface area is 86.8 Å². The Bertz CT molecular complexity index is 341. The molecule has 0 N–H and O–H groups in total. The van der Waals surface area contributed by atoms with Crippen molar-refractivity contribution in [1.82, 2.24) is 0 Å². The van der Waals surface area contributed by atoms with Crippen molar-refractivity contribution in [3.63, 3.8) is 0 Å². The minimum Gasteiger partial charge on any atom is -0.288 e. The van der Waals surface area contributed by atoms with Crippen molar-refractivity contribution in [2.45, 2.75) is 6.43 Å². The van der Waals surface area contributed by atoms with Crippen LogP contribution in [0.25, 0.3) is 0 Å². The Balaban J connectivity index is 3.04. The summed E-state index contributed by atoms with van der Waals surface area (Å²) < 4.78 is 24.5. The van der Waals surface area contributed by atoms with Gasteiger partial charge in [-0.3, -0.25) is 4.79 Å². The molecule has 5 heteroatoms. The molecule has 0 aliphatic rings. The largest absolute Gasteiger partial charge is 0.300 e. The number of Topliss-reactive ketones (excluding diaryl/α,β-unsaturated/α-hetero) is 1. The van der Waals surface area contributed by atoms with Gasteiger partial charge in [0.2, 0.25) is 5.78 Å². The summed E-state index contributed by atoms with van der Waals surface area (Å²) in [4.78, 5) is 10.8. The number of rotatable bonds is 2. The van der Waals surface area contributed by atoms with Crippen LogP contribution < -0.4 is 0 Å². The maximum Gasteiger partial charge on any atom is 0.300 e. The van der Waals surface area contributed by atoms with Gasteiger partial charge in [0.1, 0.15) is 0 Å². The number of ketones is 1. The maximum atomic E-state index is 11.9. The number of halogens is 4. The van der Waals surface area contributed by atoms with E-state index in [0.717, 1.165) is 0 Å². The van der Waals surface area contributed by atoms with Crippen molar-refractivity contribution in [1.29, 1.82) is 0 Å². The molecule has 0 amide bonds. The summed E-state index contributed by atoms with van der Waals surface area (Å²) in [6, 6.07) is 3.96. The number of carbonyl (C=O) groups excluding carboxylic acids is 1. The zero-order valence-corrected chi connectivity index (χ0v) is 8.57. The molecule has 0 bridgehead atoms. The highest BCUT2D eigenvalue weighted by atomic mass is 79.9. The molecule has 0 fully saturated rings. The summed E-state index contributed by atoms with van der Waals surface area (Å²) in [6.45, 7) is 0. The highest BCUT2D eigenvalue weighted by Crippen LogP contribution is 2.24. The quantitative estimate of drug-likeness (QED) is 0.750. The van der Waals surface area contributed by atoms with E-state index in [4.69, 9.17) is 11.6 Å². The molecule has 0 aliphatic heterocycles. The summed E-state index contributed by atoms with van der Waals surface area (Å²) in [5, 5.41) is 0.242. The van der Waals surface area contributed by atoms with Crippen LogP contribution >= 0.6 is 27.5 Å². The number of hydrogen-bond acceptors (Lipinski definition) is 1. The summed E-state index contributed by atoms with van der Waals surface area (Å²) in [6.07, 6.45) is -2.99. The fraction of sp³-hybridized carbons (Fsp3) is 0.125. The zero-order valence-electron chi connectivity index (χ0n) is 6.23. The second-order valence-corrected chi connectivity index (χ2v) is 3.56. The van der Waals surface area contributed by atoms with Gasteiger partial charge in [0.25, 0.3) is 0 Å².